The molecule has 3 heterocycles. The Labute approximate surface area is 250 Å². The molecule has 0 aliphatic rings. The summed E-state index contributed by atoms with van der Waals surface area (Å²) in [5, 5.41) is 11.7. The SMILES string of the molecule is c1ccc2c(c1)oc1c(-c3cncc(-c4ccc5oc6cc7c8ccccc8c8ccccc8c7cc6c5c4)n3)cccc12. The number of nitrogens with zero attached hydrogens (tertiary/aromatic N) is 2. The third-order valence-electron chi connectivity index (χ3n) is 8.94. The molecule has 10 aromatic rings. The summed E-state index contributed by atoms with van der Waals surface area (Å²) in [5.74, 6) is 0. The van der Waals surface area contributed by atoms with Crippen LogP contribution in [0, 0.1) is 0 Å². The van der Waals surface area contributed by atoms with E-state index >= 15 is 0 Å². The fourth-order valence-corrected chi connectivity index (χ4v) is 6.92. The second-order valence-electron chi connectivity index (χ2n) is 11.4. The van der Waals surface area contributed by atoms with E-state index in [0.717, 1.165) is 66.4 Å². The second-order valence-corrected chi connectivity index (χ2v) is 11.4. The molecule has 0 saturated carbocycles. The molecule has 0 fully saturated rings. The molecule has 0 amide bonds. The molecular weight excluding hydrogens is 540 g/mol. The topological polar surface area (TPSA) is 52.1 Å². The minimum atomic E-state index is 0.772. The van der Waals surface area contributed by atoms with Gasteiger partial charge in [-0.05, 0) is 74.8 Å². The Kier molecular flexibility index (Phi) is 4.69. The molecular formula is C40H22N2O2. The first-order valence-electron chi connectivity index (χ1n) is 14.7. The summed E-state index contributed by atoms with van der Waals surface area (Å²) in [6, 6.07) is 42.4. The van der Waals surface area contributed by atoms with Crippen LogP contribution in [0.3, 0.4) is 0 Å². The lowest BCUT2D eigenvalue weighted by atomic mass is 9.93. The molecule has 0 bridgehead atoms. The van der Waals surface area contributed by atoms with Crippen LogP contribution in [0.5, 0.6) is 0 Å². The number of hydrogen-bond donors (Lipinski definition) is 0. The number of para-hydroxylation sites is 2. The first-order chi connectivity index (χ1) is 21.8. The van der Waals surface area contributed by atoms with Gasteiger partial charge in [0.2, 0.25) is 0 Å². The molecule has 4 nitrogen and oxygen atoms in total. The fraction of sp³-hybridized carbons (Fsp3) is 0. The van der Waals surface area contributed by atoms with Crippen LogP contribution in [-0.2, 0) is 0 Å². The van der Waals surface area contributed by atoms with Gasteiger partial charge >= 0.3 is 0 Å². The van der Waals surface area contributed by atoms with Crippen LogP contribution in [0.15, 0.2) is 143 Å². The zero-order valence-electron chi connectivity index (χ0n) is 23.4. The van der Waals surface area contributed by atoms with E-state index in [1.807, 2.05) is 36.5 Å². The number of fused-ring (bicyclic) bond motifs is 12. The lowest BCUT2D eigenvalue weighted by Crippen LogP contribution is -1.90. The Morgan fingerprint density at radius 1 is 0.386 bits per heavy atom. The van der Waals surface area contributed by atoms with Crippen LogP contribution in [0.1, 0.15) is 0 Å². The van der Waals surface area contributed by atoms with Crippen molar-refractivity contribution in [2.24, 2.45) is 0 Å². The normalized spacial score (nSPS) is 12.1. The average Bonchev–Trinajstić information content (AvgIpc) is 3.65. The van der Waals surface area contributed by atoms with Crippen molar-refractivity contribution in [1.82, 2.24) is 9.97 Å². The summed E-state index contributed by atoms with van der Waals surface area (Å²) in [7, 11) is 0. The standard InChI is InChI=1S/C40H22N2O2/c1-3-10-26-24(8-1)25-9-2-4-11-27(25)32-20-39-34(19-31(26)32)33-18-23(16-17-38(33)43-39)35-21-41-22-36(42-35)30-14-7-13-29-28-12-5-6-15-37(28)44-40(29)30/h1-22H. The largest absolute Gasteiger partial charge is 0.456 e. The second kappa shape index (κ2) is 8.76. The Balaban J connectivity index is 1.17. The van der Waals surface area contributed by atoms with E-state index in [1.165, 1.54) is 32.3 Å². The minimum Gasteiger partial charge on any atom is -0.456 e. The molecule has 204 valence electrons. The molecule has 0 aliphatic carbocycles. The molecule has 0 radical (unpaired) electrons. The molecule has 4 heteroatoms. The van der Waals surface area contributed by atoms with E-state index in [1.54, 1.807) is 6.20 Å². The molecule has 0 saturated heterocycles. The van der Waals surface area contributed by atoms with Crippen molar-refractivity contribution in [3.05, 3.63) is 134 Å². The van der Waals surface area contributed by atoms with Crippen LogP contribution < -0.4 is 0 Å². The van der Waals surface area contributed by atoms with E-state index < -0.39 is 0 Å². The van der Waals surface area contributed by atoms with Gasteiger partial charge in [0.25, 0.3) is 0 Å². The van der Waals surface area contributed by atoms with Crippen molar-refractivity contribution in [3.8, 4) is 22.5 Å². The summed E-state index contributed by atoms with van der Waals surface area (Å²) < 4.78 is 12.7. The predicted octanol–water partition coefficient (Wildman–Crippen LogP) is 11.1. The Morgan fingerprint density at radius 3 is 1.80 bits per heavy atom. The summed E-state index contributed by atoms with van der Waals surface area (Å²) in [6.07, 6.45) is 3.62. The zero-order valence-corrected chi connectivity index (χ0v) is 23.4. The van der Waals surface area contributed by atoms with Crippen LogP contribution >= 0.6 is 0 Å². The number of rotatable bonds is 2. The zero-order chi connectivity index (χ0) is 28.8. The number of furan rings is 2. The van der Waals surface area contributed by atoms with Crippen molar-refractivity contribution in [3.63, 3.8) is 0 Å². The van der Waals surface area contributed by atoms with Gasteiger partial charge in [-0.2, -0.15) is 0 Å². The third-order valence-corrected chi connectivity index (χ3v) is 8.94. The lowest BCUT2D eigenvalue weighted by Gasteiger charge is -2.10. The van der Waals surface area contributed by atoms with Gasteiger partial charge in [0.15, 0.2) is 0 Å². The van der Waals surface area contributed by atoms with Crippen molar-refractivity contribution >= 4 is 76.2 Å². The molecule has 0 spiro atoms. The quantitative estimate of drug-likeness (QED) is 0.197. The van der Waals surface area contributed by atoms with Gasteiger partial charge in [0.1, 0.15) is 22.3 Å². The number of aromatic nitrogens is 2. The summed E-state index contributed by atoms with van der Waals surface area (Å²) in [4.78, 5) is 9.68. The molecule has 0 aliphatic heterocycles. The van der Waals surface area contributed by atoms with E-state index in [4.69, 9.17) is 13.8 Å². The van der Waals surface area contributed by atoms with Gasteiger partial charge in [-0.15, -0.1) is 0 Å². The molecule has 10 rings (SSSR count). The van der Waals surface area contributed by atoms with Gasteiger partial charge in [0, 0.05) is 32.7 Å². The fourth-order valence-electron chi connectivity index (χ4n) is 6.92. The van der Waals surface area contributed by atoms with E-state index in [9.17, 15) is 0 Å². The van der Waals surface area contributed by atoms with Crippen molar-refractivity contribution < 1.29 is 8.83 Å². The van der Waals surface area contributed by atoms with Crippen molar-refractivity contribution in [1.29, 1.82) is 0 Å². The van der Waals surface area contributed by atoms with Gasteiger partial charge in [-0.3, -0.25) is 4.98 Å². The van der Waals surface area contributed by atoms with Crippen molar-refractivity contribution in [2.75, 3.05) is 0 Å². The highest BCUT2D eigenvalue weighted by molar-refractivity contribution is 6.28. The predicted molar refractivity (Wildman–Crippen MR) is 180 cm³/mol. The van der Waals surface area contributed by atoms with Crippen molar-refractivity contribution in [2.45, 2.75) is 0 Å². The average molecular weight is 563 g/mol. The monoisotopic (exact) mass is 562 g/mol. The highest BCUT2D eigenvalue weighted by atomic mass is 16.3. The first-order valence-corrected chi connectivity index (χ1v) is 14.7. The highest BCUT2D eigenvalue weighted by Crippen LogP contribution is 2.41. The van der Waals surface area contributed by atoms with E-state index in [2.05, 4.69) is 96.0 Å². The maximum absolute atomic E-state index is 6.43. The molecule has 44 heavy (non-hydrogen) atoms. The number of benzene rings is 7. The van der Waals surface area contributed by atoms with Gasteiger partial charge in [-0.1, -0.05) is 78.9 Å². The third kappa shape index (κ3) is 3.28. The van der Waals surface area contributed by atoms with Crippen LogP contribution in [-0.4, -0.2) is 9.97 Å². The lowest BCUT2D eigenvalue weighted by molar-refractivity contribution is 0.669. The summed E-state index contributed by atoms with van der Waals surface area (Å²) >= 11 is 0. The molecule has 0 unspecified atom stereocenters. The number of hydrogen-bond acceptors (Lipinski definition) is 4. The molecule has 0 atom stereocenters. The summed E-state index contributed by atoms with van der Waals surface area (Å²) in [5.41, 5.74) is 6.89. The molecule has 3 aromatic heterocycles. The maximum Gasteiger partial charge on any atom is 0.144 e. The van der Waals surface area contributed by atoms with Gasteiger partial charge in [-0.25, -0.2) is 4.98 Å². The van der Waals surface area contributed by atoms with Gasteiger partial charge < -0.3 is 8.83 Å². The maximum atomic E-state index is 6.43. The van der Waals surface area contributed by atoms with Gasteiger partial charge in [0.05, 0.1) is 23.8 Å². The van der Waals surface area contributed by atoms with Crippen LogP contribution in [0.25, 0.3) is 98.7 Å². The first kappa shape index (κ1) is 23.6. The van der Waals surface area contributed by atoms with E-state index in [0.29, 0.717) is 0 Å². The molecule has 7 aromatic carbocycles. The van der Waals surface area contributed by atoms with Crippen LogP contribution in [0.2, 0.25) is 0 Å². The van der Waals surface area contributed by atoms with E-state index in [-0.39, 0.29) is 0 Å². The Morgan fingerprint density at radius 2 is 1.00 bits per heavy atom. The Hall–Kier alpha value is -6.00. The highest BCUT2D eigenvalue weighted by Gasteiger charge is 2.16. The Bertz CT molecular complexity index is 2790. The molecule has 0 N–H and O–H groups in total. The minimum absolute atomic E-state index is 0.772. The van der Waals surface area contributed by atoms with Crippen LogP contribution in [0.4, 0.5) is 0 Å². The summed E-state index contributed by atoms with van der Waals surface area (Å²) in [6.45, 7) is 0. The smallest absolute Gasteiger partial charge is 0.144 e.